The van der Waals surface area contributed by atoms with Gasteiger partial charge in [0.25, 0.3) is 0 Å². The van der Waals surface area contributed by atoms with Gasteiger partial charge in [-0.25, -0.2) is 0 Å². The lowest BCUT2D eigenvalue weighted by atomic mass is 10.1. The predicted molar refractivity (Wildman–Crippen MR) is 58.8 cm³/mol. The Kier molecular flexibility index (Phi) is 4.47. The molecule has 0 spiro atoms. The number of carbonyl (C=O) groups is 2. The summed E-state index contributed by atoms with van der Waals surface area (Å²) >= 11 is 0. The summed E-state index contributed by atoms with van der Waals surface area (Å²) in [6.07, 6.45) is 0.392. The molecule has 1 aromatic carbocycles. The van der Waals surface area contributed by atoms with Crippen LogP contribution in [-0.4, -0.2) is 29.6 Å². The minimum absolute atomic E-state index is 0.277. The van der Waals surface area contributed by atoms with Crippen LogP contribution in [0.3, 0.4) is 0 Å². The maximum absolute atomic E-state index is 11.1. The first kappa shape index (κ1) is 12.2. The second kappa shape index (κ2) is 5.87. The number of carboxylic acid groups (broad SMARTS) is 1. The molecule has 1 amide bonds. The first-order chi connectivity index (χ1) is 7.59. The van der Waals surface area contributed by atoms with Gasteiger partial charge in [0, 0.05) is 0 Å². The summed E-state index contributed by atoms with van der Waals surface area (Å²) < 4.78 is 0. The Hall–Kier alpha value is -1.88. The van der Waals surface area contributed by atoms with Crippen molar-refractivity contribution in [3.8, 4) is 0 Å². The fourth-order valence-electron chi connectivity index (χ4n) is 1.33. The van der Waals surface area contributed by atoms with E-state index in [0.717, 1.165) is 5.56 Å². The molecule has 0 saturated carbocycles. The fraction of sp³-hybridized carbons (Fsp3) is 0.273. The number of amides is 1. The molecular weight excluding hydrogens is 208 g/mol. The molecule has 0 fully saturated rings. The van der Waals surface area contributed by atoms with Crippen LogP contribution in [0.4, 0.5) is 0 Å². The molecule has 0 unspecified atom stereocenters. The Morgan fingerprint density at radius 1 is 1.31 bits per heavy atom. The van der Waals surface area contributed by atoms with Crippen LogP contribution in [0.1, 0.15) is 5.56 Å². The Labute approximate surface area is 93.3 Å². The van der Waals surface area contributed by atoms with Crippen molar-refractivity contribution < 1.29 is 14.7 Å². The first-order valence-electron chi connectivity index (χ1n) is 4.88. The number of primary amides is 1. The molecule has 0 bridgehead atoms. The number of aliphatic carboxylic acids is 1. The van der Waals surface area contributed by atoms with Gasteiger partial charge in [-0.05, 0) is 12.0 Å². The molecule has 0 aliphatic heterocycles. The summed E-state index contributed by atoms with van der Waals surface area (Å²) in [4.78, 5) is 21.4. The Morgan fingerprint density at radius 3 is 2.44 bits per heavy atom. The first-order valence-corrected chi connectivity index (χ1v) is 4.88. The lowest BCUT2D eigenvalue weighted by molar-refractivity contribution is -0.136. The van der Waals surface area contributed by atoms with Crippen molar-refractivity contribution in [1.82, 2.24) is 5.32 Å². The standard InChI is InChI=1S/C11H14N2O3/c12-11(16)9(13-7-10(14)15)6-8-4-2-1-3-5-8/h1-5,9,13H,6-7H2,(H2,12,16)(H,14,15)/t9-/m0/s1. The Balaban J connectivity index is 2.58. The fourth-order valence-corrected chi connectivity index (χ4v) is 1.33. The molecular formula is C11H14N2O3. The van der Waals surface area contributed by atoms with Gasteiger partial charge in [-0.1, -0.05) is 30.3 Å². The average Bonchev–Trinajstić information content (AvgIpc) is 2.25. The van der Waals surface area contributed by atoms with Crippen molar-refractivity contribution in [2.45, 2.75) is 12.5 Å². The highest BCUT2D eigenvalue weighted by molar-refractivity contribution is 5.81. The molecule has 5 nitrogen and oxygen atoms in total. The van der Waals surface area contributed by atoms with Gasteiger partial charge in [-0.2, -0.15) is 0 Å². The third-order valence-corrected chi connectivity index (χ3v) is 2.13. The number of benzene rings is 1. The minimum atomic E-state index is -1.01. The largest absolute Gasteiger partial charge is 0.480 e. The third-order valence-electron chi connectivity index (χ3n) is 2.13. The Morgan fingerprint density at radius 2 is 1.94 bits per heavy atom. The van der Waals surface area contributed by atoms with E-state index >= 15 is 0 Å². The zero-order chi connectivity index (χ0) is 12.0. The van der Waals surface area contributed by atoms with E-state index in [1.54, 1.807) is 0 Å². The maximum Gasteiger partial charge on any atom is 0.317 e. The van der Waals surface area contributed by atoms with Gasteiger partial charge >= 0.3 is 5.97 Å². The highest BCUT2D eigenvalue weighted by atomic mass is 16.4. The molecule has 0 heterocycles. The molecule has 4 N–H and O–H groups in total. The summed E-state index contributed by atoms with van der Waals surface area (Å²) in [5, 5.41) is 11.1. The SMILES string of the molecule is NC(=O)[C@H](Cc1ccccc1)NCC(=O)O. The Bertz CT molecular complexity index is 365. The summed E-state index contributed by atoms with van der Waals surface area (Å²) in [5.41, 5.74) is 6.11. The van der Waals surface area contributed by atoms with Crippen molar-refractivity contribution in [3.63, 3.8) is 0 Å². The van der Waals surface area contributed by atoms with E-state index < -0.39 is 17.9 Å². The maximum atomic E-state index is 11.1. The third kappa shape index (κ3) is 4.10. The number of nitrogens with two attached hydrogens (primary N) is 1. The van der Waals surface area contributed by atoms with Crippen molar-refractivity contribution >= 4 is 11.9 Å². The molecule has 86 valence electrons. The second-order valence-electron chi connectivity index (χ2n) is 3.42. The van der Waals surface area contributed by atoms with E-state index in [1.807, 2.05) is 30.3 Å². The van der Waals surface area contributed by atoms with Crippen LogP contribution in [0.15, 0.2) is 30.3 Å². The van der Waals surface area contributed by atoms with E-state index in [4.69, 9.17) is 10.8 Å². The van der Waals surface area contributed by atoms with Crippen LogP contribution >= 0.6 is 0 Å². The molecule has 1 rings (SSSR count). The van der Waals surface area contributed by atoms with E-state index in [0.29, 0.717) is 6.42 Å². The minimum Gasteiger partial charge on any atom is -0.480 e. The summed E-state index contributed by atoms with van der Waals surface area (Å²) in [7, 11) is 0. The molecule has 5 heteroatoms. The van der Waals surface area contributed by atoms with Crippen LogP contribution in [0.5, 0.6) is 0 Å². The van der Waals surface area contributed by atoms with Crippen LogP contribution < -0.4 is 11.1 Å². The van der Waals surface area contributed by atoms with Gasteiger partial charge in [0.2, 0.25) is 5.91 Å². The second-order valence-corrected chi connectivity index (χ2v) is 3.42. The highest BCUT2D eigenvalue weighted by Gasteiger charge is 2.16. The van der Waals surface area contributed by atoms with E-state index in [-0.39, 0.29) is 6.54 Å². The summed E-state index contributed by atoms with van der Waals surface area (Å²) in [5.74, 6) is -1.57. The quantitative estimate of drug-likeness (QED) is 0.619. The lowest BCUT2D eigenvalue weighted by Crippen LogP contribution is -2.44. The van der Waals surface area contributed by atoms with Crippen molar-refractivity contribution in [2.24, 2.45) is 5.73 Å². The number of carbonyl (C=O) groups excluding carboxylic acids is 1. The van der Waals surface area contributed by atoms with Crippen LogP contribution in [0, 0.1) is 0 Å². The lowest BCUT2D eigenvalue weighted by Gasteiger charge is -2.13. The molecule has 0 aliphatic rings. The van der Waals surface area contributed by atoms with Gasteiger partial charge in [-0.15, -0.1) is 0 Å². The number of rotatable bonds is 6. The summed E-state index contributed by atoms with van der Waals surface area (Å²) in [6.45, 7) is -0.277. The molecule has 0 aromatic heterocycles. The smallest absolute Gasteiger partial charge is 0.317 e. The molecule has 1 aromatic rings. The highest BCUT2D eigenvalue weighted by Crippen LogP contribution is 2.02. The number of hydrogen-bond acceptors (Lipinski definition) is 3. The van der Waals surface area contributed by atoms with Crippen LogP contribution in [-0.2, 0) is 16.0 Å². The average molecular weight is 222 g/mol. The van der Waals surface area contributed by atoms with Gasteiger partial charge in [0.1, 0.15) is 0 Å². The number of carboxylic acids is 1. The van der Waals surface area contributed by atoms with E-state index in [1.165, 1.54) is 0 Å². The predicted octanol–water partition coefficient (Wildman–Crippen LogP) is -0.243. The zero-order valence-corrected chi connectivity index (χ0v) is 8.72. The molecule has 0 aliphatic carbocycles. The molecule has 1 atom stereocenters. The summed E-state index contributed by atoms with van der Waals surface area (Å²) in [6, 6.07) is 8.64. The van der Waals surface area contributed by atoms with E-state index in [9.17, 15) is 9.59 Å². The molecule has 16 heavy (non-hydrogen) atoms. The van der Waals surface area contributed by atoms with Gasteiger partial charge in [0.05, 0.1) is 12.6 Å². The van der Waals surface area contributed by atoms with Crippen LogP contribution in [0.25, 0.3) is 0 Å². The van der Waals surface area contributed by atoms with Gasteiger partial charge in [0.15, 0.2) is 0 Å². The van der Waals surface area contributed by atoms with E-state index in [2.05, 4.69) is 5.32 Å². The number of hydrogen-bond donors (Lipinski definition) is 3. The molecule has 0 saturated heterocycles. The zero-order valence-electron chi connectivity index (χ0n) is 8.72. The topological polar surface area (TPSA) is 92.4 Å². The van der Waals surface area contributed by atoms with Crippen molar-refractivity contribution in [3.05, 3.63) is 35.9 Å². The van der Waals surface area contributed by atoms with Crippen molar-refractivity contribution in [2.75, 3.05) is 6.54 Å². The monoisotopic (exact) mass is 222 g/mol. The van der Waals surface area contributed by atoms with Crippen LogP contribution in [0.2, 0.25) is 0 Å². The number of nitrogens with one attached hydrogen (secondary N) is 1. The van der Waals surface area contributed by atoms with Crippen molar-refractivity contribution in [1.29, 1.82) is 0 Å². The molecule has 0 radical (unpaired) electrons. The normalized spacial score (nSPS) is 12.0. The van der Waals surface area contributed by atoms with Gasteiger partial charge in [-0.3, -0.25) is 14.9 Å². The van der Waals surface area contributed by atoms with Gasteiger partial charge < -0.3 is 10.8 Å².